The molecule has 6 nitrogen and oxygen atoms in total. The van der Waals surface area contributed by atoms with Crippen molar-refractivity contribution in [3.8, 4) is 5.69 Å². The first-order valence-electron chi connectivity index (χ1n) is 9.36. The molecule has 27 heavy (non-hydrogen) atoms. The third kappa shape index (κ3) is 3.47. The van der Waals surface area contributed by atoms with Gasteiger partial charge in [-0.3, -0.25) is 4.79 Å². The molecule has 0 atom stereocenters. The first kappa shape index (κ1) is 17.4. The van der Waals surface area contributed by atoms with Crippen LogP contribution in [0.3, 0.4) is 0 Å². The molecule has 0 unspecified atom stereocenters. The van der Waals surface area contributed by atoms with Gasteiger partial charge in [0.25, 0.3) is 5.91 Å². The zero-order valence-corrected chi connectivity index (χ0v) is 15.4. The van der Waals surface area contributed by atoms with Crippen molar-refractivity contribution in [1.82, 2.24) is 25.5 Å². The van der Waals surface area contributed by atoms with E-state index < -0.39 is 0 Å². The summed E-state index contributed by atoms with van der Waals surface area (Å²) in [7, 11) is 0. The SMILES string of the molecule is Cc1cccc(C2(CNC(=O)c3ccccc3-n3cnnn3)CCCC2)c1. The maximum Gasteiger partial charge on any atom is 0.253 e. The summed E-state index contributed by atoms with van der Waals surface area (Å²) in [6.45, 7) is 2.76. The second kappa shape index (κ2) is 7.31. The average molecular weight is 361 g/mol. The summed E-state index contributed by atoms with van der Waals surface area (Å²) in [6.07, 6.45) is 6.10. The van der Waals surface area contributed by atoms with Crippen molar-refractivity contribution in [2.24, 2.45) is 0 Å². The Hall–Kier alpha value is -3.02. The number of nitrogens with one attached hydrogen (secondary N) is 1. The molecule has 1 N–H and O–H groups in total. The number of nitrogens with zero attached hydrogens (tertiary/aromatic N) is 4. The number of aromatic nitrogens is 4. The van der Waals surface area contributed by atoms with Gasteiger partial charge in [-0.2, -0.15) is 4.68 Å². The van der Waals surface area contributed by atoms with Crippen molar-refractivity contribution >= 4 is 5.91 Å². The van der Waals surface area contributed by atoms with Crippen LogP contribution in [-0.2, 0) is 5.41 Å². The van der Waals surface area contributed by atoms with E-state index in [1.54, 1.807) is 6.07 Å². The number of amides is 1. The lowest BCUT2D eigenvalue weighted by molar-refractivity contribution is 0.0943. The third-order valence-electron chi connectivity index (χ3n) is 5.52. The highest BCUT2D eigenvalue weighted by Crippen LogP contribution is 2.41. The lowest BCUT2D eigenvalue weighted by Gasteiger charge is -2.30. The molecule has 0 aliphatic heterocycles. The quantitative estimate of drug-likeness (QED) is 0.757. The minimum Gasteiger partial charge on any atom is -0.351 e. The largest absolute Gasteiger partial charge is 0.351 e. The topological polar surface area (TPSA) is 72.7 Å². The number of para-hydroxylation sites is 1. The van der Waals surface area contributed by atoms with E-state index in [0.717, 1.165) is 12.8 Å². The van der Waals surface area contributed by atoms with E-state index in [9.17, 15) is 4.79 Å². The molecule has 138 valence electrons. The van der Waals surface area contributed by atoms with E-state index in [0.29, 0.717) is 17.8 Å². The van der Waals surface area contributed by atoms with E-state index >= 15 is 0 Å². The number of carbonyl (C=O) groups is 1. The Morgan fingerprint density at radius 1 is 1.15 bits per heavy atom. The van der Waals surface area contributed by atoms with Crippen LogP contribution in [0.4, 0.5) is 0 Å². The fourth-order valence-electron chi connectivity index (χ4n) is 4.08. The molecule has 1 fully saturated rings. The van der Waals surface area contributed by atoms with Gasteiger partial charge in [0.05, 0.1) is 11.3 Å². The van der Waals surface area contributed by atoms with Crippen LogP contribution in [0.15, 0.2) is 54.9 Å². The third-order valence-corrected chi connectivity index (χ3v) is 5.52. The normalized spacial score (nSPS) is 15.6. The van der Waals surface area contributed by atoms with Crippen molar-refractivity contribution in [3.05, 3.63) is 71.5 Å². The molecule has 1 aliphatic rings. The van der Waals surface area contributed by atoms with Crippen molar-refractivity contribution in [1.29, 1.82) is 0 Å². The monoisotopic (exact) mass is 361 g/mol. The molecule has 0 radical (unpaired) electrons. The highest BCUT2D eigenvalue weighted by molar-refractivity contribution is 5.97. The molecular formula is C21H23N5O. The van der Waals surface area contributed by atoms with E-state index in [1.165, 1.54) is 35.0 Å². The predicted octanol–water partition coefficient (Wildman–Crippen LogP) is 3.21. The summed E-state index contributed by atoms with van der Waals surface area (Å²) < 4.78 is 1.51. The van der Waals surface area contributed by atoms with Gasteiger partial charge in [-0.15, -0.1) is 5.10 Å². The maximum absolute atomic E-state index is 13.0. The molecule has 0 bridgehead atoms. The van der Waals surface area contributed by atoms with Crippen LogP contribution in [0.25, 0.3) is 5.69 Å². The van der Waals surface area contributed by atoms with E-state index in [1.807, 2.05) is 18.2 Å². The number of benzene rings is 2. The first-order valence-corrected chi connectivity index (χ1v) is 9.36. The zero-order chi connectivity index (χ0) is 18.7. The number of aryl methyl sites for hydroxylation is 1. The Morgan fingerprint density at radius 2 is 1.96 bits per heavy atom. The van der Waals surface area contributed by atoms with Gasteiger partial charge in [-0.25, -0.2) is 0 Å². The number of hydrogen-bond donors (Lipinski definition) is 1. The lowest BCUT2D eigenvalue weighted by atomic mass is 9.78. The molecule has 3 aromatic rings. The molecule has 1 aromatic heterocycles. The van der Waals surface area contributed by atoms with Crippen LogP contribution in [0.1, 0.15) is 47.2 Å². The zero-order valence-electron chi connectivity index (χ0n) is 15.4. The minimum absolute atomic E-state index is 0.0193. The summed E-state index contributed by atoms with van der Waals surface area (Å²) in [5, 5.41) is 14.4. The highest BCUT2D eigenvalue weighted by Gasteiger charge is 2.36. The Morgan fingerprint density at radius 3 is 2.70 bits per heavy atom. The van der Waals surface area contributed by atoms with Crippen molar-refractivity contribution in [2.75, 3.05) is 6.54 Å². The van der Waals surface area contributed by atoms with Gasteiger partial charge >= 0.3 is 0 Å². The minimum atomic E-state index is -0.0972. The summed E-state index contributed by atoms with van der Waals surface area (Å²) in [4.78, 5) is 13.0. The molecule has 1 amide bonds. The summed E-state index contributed by atoms with van der Waals surface area (Å²) >= 11 is 0. The first-order chi connectivity index (χ1) is 13.2. The van der Waals surface area contributed by atoms with Crippen molar-refractivity contribution in [2.45, 2.75) is 38.0 Å². The van der Waals surface area contributed by atoms with E-state index in [2.05, 4.69) is 52.0 Å². The number of hydrogen-bond acceptors (Lipinski definition) is 4. The van der Waals surface area contributed by atoms with Crippen LogP contribution in [-0.4, -0.2) is 32.7 Å². The summed E-state index contributed by atoms with van der Waals surface area (Å²) in [6, 6.07) is 16.1. The van der Waals surface area contributed by atoms with Crippen LogP contribution in [0, 0.1) is 6.92 Å². The maximum atomic E-state index is 13.0. The van der Waals surface area contributed by atoms with Gasteiger partial charge in [-0.05, 0) is 47.9 Å². The number of carbonyl (C=O) groups excluding carboxylic acids is 1. The summed E-state index contributed by atoms with van der Waals surface area (Å²) in [5.41, 5.74) is 3.85. The average Bonchev–Trinajstić information content (AvgIpc) is 3.39. The number of rotatable bonds is 5. The van der Waals surface area contributed by atoms with E-state index in [4.69, 9.17) is 0 Å². The molecule has 0 saturated heterocycles. The Bertz CT molecular complexity index is 929. The molecular weight excluding hydrogens is 338 g/mol. The Kier molecular flexibility index (Phi) is 4.71. The lowest BCUT2D eigenvalue weighted by Crippen LogP contribution is -2.39. The van der Waals surface area contributed by atoms with Crippen molar-refractivity contribution in [3.63, 3.8) is 0 Å². The van der Waals surface area contributed by atoms with Crippen LogP contribution in [0.2, 0.25) is 0 Å². The highest BCUT2D eigenvalue weighted by atomic mass is 16.1. The van der Waals surface area contributed by atoms with Gasteiger partial charge in [0.15, 0.2) is 0 Å². The fourth-order valence-corrected chi connectivity index (χ4v) is 4.08. The van der Waals surface area contributed by atoms with Gasteiger partial charge in [-0.1, -0.05) is 54.8 Å². The van der Waals surface area contributed by atoms with Crippen molar-refractivity contribution < 1.29 is 4.79 Å². The van der Waals surface area contributed by atoms with Gasteiger partial charge in [0, 0.05) is 12.0 Å². The van der Waals surface area contributed by atoms with Gasteiger partial charge < -0.3 is 5.32 Å². The van der Waals surface area contributed by atoms with Crippen LogP contribution in [0.5, 0.6) is 0 Å². The molecule has 1 saturated carbocycles. The Labute approximate surface area is 158 Å². The number of tetrazole rings is 1. The standard InChI is InChI=1S/C21H23N5O/c1-16-7-6-8-17(13-16)21(11-4-5-12-21)14-22-20(27)18-9-2-3-10-19(18)26-15-23-24-25-26/h2-3,6-10,13,15H,4-5,11-12,14H2,1H3,(H,22,27). The summed E-state index contributed by atoms with van der Waals surface area (Å²) in [5.74, 6) is -0.0972. The molecule has 6 heteroatoms. The molecule has 4 rings (SSSR count). The predicted molar refractivity (Wildman–Crippen MR) is 103 cm³/mol. The second-order valence-electron chi connectivity index (χ2n) is 7.31. The van der Waals surface area contributed by atoms with Gasteiger partial charge in [0.2, 0.25) is 0 Å². The van der Waals surface area contributed by atoms with Crippen LogP contribution >= 0.6 is 0 Å². The fraction of sp³-hybridized carbons (Fsp3) is 0.333. The Balaban J connectivity index is 1.57. The van der Waals surface area contributed by atoms with E-state index in [-0.39, 0.29) is 11.3 Å². The van der Waals surface area contributed by atoms with Gasteiger partial charge in [0.1, 0.15) is 6.33 Å². The molecule has 1 heterocycles. The second-order valence-corrected chi connectivity index (χ2v) is 7.31. The van der Waals surface area contributed by atoms with Crippen LogP contribution < -0.4 is 5.32 Å². The molecule has 1 aliphatic carbocycles. The molecule has 0 spiro atoms. The smallest absolute Gasteiger partial charge is 0.253 e. The molecule has 2 aromatic carbocycles.